The molecule has 196 valence electrons. The van der Waals surface area contributed by atoms with E-state index < -0.39 is 0 Å². The van der Waals surface area contributed by atoms with Gasteiger partial charge >= 0.3 is 0 Å². The summed E-state index contributed by atoms with van der Waals surface area (Å²) in [6.07, 6.45) is 1.86. The zero-order valence-electron chi connectivity index (χ0n) is 22.6. The molecular weight excluding hydrogens is 512 g/mol. The summed E-state index contributed by atoms with van der Waals surface area (Å²) in [5.41, 5.74) is 10.8. The fourth-order valence-electron chi connectivity index (χ4n) is 6.44. The van der Waals surface area contributed by atoms with Crippen molar-refractivity contribution in [2.45, 2.75) is 0 Å². The maximum Gasteiger partial charge on any atom is 0.0894 e. The molecule has 0 fully saturated rings. The maximum atomic E-state index is 4.86. The molecule has 0 saturated heterocycles. The molecule has 0 aliphatic rings. The third-order valence-corrected chi connectivity index (χ3v) is 8.35. The molecule has 9 aromatic rings. The normalized spacial score (nSPS) is 11.8. The molecule has 4 heteroatoms. The van der Waals surface area contributed by atoms with Crippen molar-refractivity contribution in [3.63, 3.8) is 0 Å². The van der Waals surface area contributed by atoms with Crippen LogP contribution in [0.1, 0.15) is 0 Å². The number of hydrogen-bond donors (Lipinski definition) is 0. The Balaban J connectivity index is 1.28. The Hall–Kier alpha value is -5.74. The van der Waals surface area contributed by atoms with Crippen LogP contribution in [0.25, 0.3) is 77.3 Å². The van der Waals surface area contributed by atoms with Gasteiger partial charge in [0, 0.05) is 38.5 Å². The second-order valence-corrected chi connectivity index (χ2v) is 10.7. The van der Waals surface area contributed by atoms with Crippen LogP contribution >= 0.6 is 0 Å². The van der Waals surface area contributed by atoms with Gasteiger partial charge in [-0.05, 0) is 60.7 Å². The topological polar surface area (TPSA) is 35.6 Å². The van der Waals surface area contributed by atoms with Crippen LogP contribution in [0.2, 0.25) is 0 Å². The van der Waals surface area contributed by atoms with Gasteiger partial charge in [0.1, 0.15) is 0 Å². The van der Waals surface area contributed by atoms with Gasteiger partial charge in [0.25, 0.3) is 0 Å². The predicted molar refractivity (Wildman–Crippen MR) is 174 cm³/mol. The van der Waals surface area contributed by atoms with E-state index in [0.717, 1.165) is 28.0 Å². The molecule has 0 aliphatic carbocycles. The number of hydrogen-bond acceptors (Lipinski definition) is 2. The van der Waals surface area contributed by atoms with E-state index in [0.29, 0.717) is 0 Å². The Morgan fingerprint density at radius 1 is 0.405 bits per heavy atom. The molecule has 0 radical (unpaired) electrons. The van der Waals surface area contributed by atoms with Crippen LogP contribution < -0.4 is 0 Å². The Morgan fingerprint density at radius 3 is 1.57 bits per heavy atom. The minimum Gasteiger partial charge on any atom is -0.309 e. The van der Waals surface area contributed by atoms with Crippen LogP contribution in [0.15, 0.2) is 146 Å². The summed E-state index contributed by atoms with van der Waals surface area (Å²) in [6, 6.07) is 49.4. The van der Waals surface area contributed by atoms with Crippen molar-refractivity contribution in [2.24, 2.45) is 0 Å². The van der Waals surface area contributed by atoms with Crippen LogP contribution in [-0.2, 0) is 0 Å². The number of nitrogens with zero attached hydrogens (tertiary/aromatic N) is 4. The smallest absolute Gasteiger partial charge is 0.0894 e. The second-order valence-electron chi connectivity index (χ2n) is 10.7. The van der Waals surface area contributed by atoms with Crippen LogP contribution in [-0.4, -0.2) is 19.1 Å². The maximum absolute atomic E-state index is 4.86. The van der Waals surface area contributed by atoms with E-state index in [2.05, 4.69) is 129 Å². The Labute approximate surface area is 241 Å². The van der Waals surface area contributed by atoms with Crippen molar-refractivity contribution in [2.75, 3.05) is 0 Å². The Morgan fingerprint density at radius 2 is 0.929 bits per heavy atom. The highest BCUT2D eigenvalue weighted by Crippen LogP contribution is 2.39. The molecule has 0 saturated carbocycles. The zero-order valence-corrected chi connectivity index (χ0v) is 22.6. The van der Waals surface area contributed by atoms with Gasteiger partial charge in [-0.3, -0.25) is 4.98 Å². The first kappa shape index (κ1) is 23.0. The number of aromatic nitrogens is 4. The molecule has 42 heavy (non-hydrogen) atoms. The average Bonchev–Trinajstić information content (AvgIpc) is 3.56. The van der Waals surface area contributed by atoms with Crippen LogP contribution in [0.5, 0.6) is 0 Å². The molecule has 3 aromatic heterocycles. The van der Waals surface area contributed by atoms with Crippen LogP contribution in [0, 0.1) is 0 Å². The quantitative estimate of drug-likeness (QED) is 0.225. The van der Waals surface area contributed by atoms with E-state index in [-0.39, 0.29) is 0 Å². The lowest BCUT2D eigenvalue weighted by molar-refractivity contribution is 1.17. The first-order valence-electron chi connectivity index (χ1n) is 14.2. The highest BCUT2D eigenvalue weighted by molar-refractivity contribution is 6.19. The van der Waals surface area contributed by atoms with Gasteiger partial charge in [0.05, 0.1) is 45.0 Å². The number of fused-ring (bicyclic) bond motifs is 7. The molecule has 0 aliphatic heterocycles. The lowest BCUT2D eigenvalue weighted by atomic mass is 10.1. The molecule has 4 nitrogen and oxygen atoms in total. The third kappa shape index (κ3) is 3.36. The highest BCUT2D eigenvalue weighted by atomic mass is 15.0. The highest BCUT2D eigenvalue weighted by Gasteiger charge is 2.18. The minimum absolute atomic E-state index is 0.873. The van der Waals surface area contributed by atoms with Gasteiger partial charge in [-0.2, -0.15) is 0 Å². The Kier molecular flexibility index (Phi) is 4.87. The molecule has 3 heterocycles. The largest absolute Gasteiger partial charge is 0.309 e. The van der Waals surface area contributed by atoms with Crippen molar-refractivity contribution in [1.29, 1.82) is 0 Å². The van der Waals surface area contributed by atoms with Crippen LogP contribution in [0.4, 0.5) is 0 Å². The summed E-state index contributed by atoms with van der Waals surface area (Å²) >= 11 is 0. The van der Waals surface area contributed by atoms with Gasteiger partial charge in [-0.25, -0.2) is 4.98 Å². The summed E-state index contributed by atoms with van der Waals surface area (Å²) in [6.45, 7) is 0. The third-order valence-electron chi connectivity index (χ3n) is 8.35. The summed E-state index contributed by atoms with van der Waals surface area (Å²) in [7, 11) is 0. The summed E-state index contributed by atoms with van der Waals surface area (Å²) in [5, 5.41) is 4.97. The number of para-hydroxylation sites is 5. The molecule has 0 amide bonds. The van der Waals surface area contributed by atoms with Gasteiger partial charge < -0.3 is 9.13 Å². The standard InChI is InChI=1S/C38H24N4/c1-2-10-26(11-3-1)41-35-16-8-4-12-28(35)30-23-38-31(22-37(30)41)29-13-5-9-17-36(29)42(38)27-20-18-25(19-21-27)34-24-39-32-14-6-7-15-33(32)40-34/h1-24H. The monoisotopic (exact) mass is 536 g/mol. The van der Waals surface area contributed by atoms with Gasteiger partial charge in [-0.15, -0.1) is 0 Å². The van der Waals surface area contributed by atoms with Crippen molar-refractivity contribution in [3.05, 3.63) is 146 Å². The molecule has 0 bridgehead atoms. The summed E-state index contributed by atoms with van der Waals surface area (Å²) < 4.78 is 4.77. The molecule has 0 unspecified atom stereocenters. The lowest BCUT2D eigenvalue weighted by Crippen LogP contribution is -1.95. The predicted octanol–water partition coefficient (Wildman–Crippen LogP) is 9.49. The molecule has 0 N–H and O–H groups in total. The molecular formula is C38H24N4. The first-order chi connectivity index (χ1) is 20.8. The fourth-order valence-corrected chi connectivity index (χ4v) is 6.44. The van der Waals surface area contributed by atoms with Gasteiger partial charge in [-0.1, -0.05) is 78.9 Å². The van der Waals surface area contributed by atoms with E-state index in [1.165, 1.54) is 49.3 Å². The lowest BCUT2D eigenvalue weighted by Gasteiger charge is -2.10. The van der Waals surface area contributed by atoms with Gasteiger partial charge in [0.2, 0.25) is 0 Å². The fraction of sp³-hybridized carbons (Fsp3) is 0. The van der Waals surface area contributed by atoms with Crippen molar-refractivity contribution < 1.29 is 0 Å². The molecule has 0 spiro atoms. The molecule has 9 rings (SSSR count). The van der Waals surface area contributed by atoms with Crippen molar-refractivity contribution >= 4 is 54.6 Å². The molecule has 6 aromatic carbocycles. The van der Waals surface area contributed by atoms with Crippen molar-refractivity contribution in [3.8, 4) is 22.6 Å². The second kappa shape index (κ2) is 8.88. The molecule has 0 atom stereocenters. The number of benzene rings is 6. The van der Waals surface area contributed by atoms with E-state index in [1.54, 1.807) is 0 Å². The van der Waals surface area contributed by atoms with E-state index in [4.69, 9.17) is 4.98 Å². The van der Waals surface area contributed by atoms with E-state index in [9.17, 15) is 0 Å². The minimum atomic E-state index is 0.873. The van der Waals surface area contributed by atoms with Crippen molar-refractivity contribution in [1.82, 2.24) is 19.1 Å². The van der Waals surface area contributed by atoms with E-state index >= 15 is 0 Å². The van der Waals surface area contributed by atoms with Crippen LogP contribution in [0.3, 0.4) is 0 Å². The Bertz CT molecular complexity index is 2450. The SMILES string of the molecule is c1ccc(-n2c3ccccc3c3cc4c(cc32)c2ccccc2n4-c2ccc(-c3cnc4ccccc4n3)cc2)cc1. The van der Waals surface area contributed by atoms with Gasteiger partial charge in [0.15, 0.2) is 0 Å². The first-order valence-corrected chi connectivity index (χ1v) is 14.2. The zero-order chi connectivity index (χ0) is 27.6. The summed E-state index contributed by atoms with van der Waals surface area (Å²) in [5.74, 6) is 0. The average molecular weight is 537 g/mol. The van der Waals surface area contributed by atoms with E-state index in [1.807, 2.05) is 30.5 Å². The number of rotatable bonds is 3. The summed E-state index contributed by atoms with van der Waals surface area (Å²) in [4.78, 5) is 9.48.